The Bertz CT molecular complexity index is 417. The van der Waals surface area contributed by atoms with Gasteiger partial charge < -0.3 is 4.42 Å². The van der Waals surface area contributed by atoms with E-state index in [9.17, 15) is 0 Å². The van der Waals surface area contributed by atoms with Gasteiger partial charge in [-0.25, -0.2) is 0 Å². The lowest BCUT2D eigenvalue weighted by atomic mass is 10.2. The van der Waals surface area contributed by atoms with Gasteiger partial charge in [-0.2, -0.15) is 0 Å². The highest BCUT2D eigenvalue weighted by Crippen LogP contribution is 2.29. The van der Waals surface area contributed by atoms with Gasteiger partial charge in [0.15, 0.2) is 0 Å². The van der Waals surface area contributed by atoms with Gasteiger partial charge in [0, 0.05) is 16.0 Å². The Hall–Kier alpha value is -0.890. The van der Waals surface area contributed by atoms with E-state index in [1.54, 1.807) is 6.26 Å². The summed E-state index contributed by atoms with van der Waals surface area (Å²) in [5.74, 6) is 1.88. The van der Waals surface area contributed by atoms with Crippen molar-refractivity contribution < 1.29 is 4.42 Å². The van der Waals surface area contributed by atoms with Crippen LogP contribution in [-0.4, -0.2) is 5.75 Å². The molecule has 0 fully saturated rings. The third kappa shape index (κ3) is 1.95. The van der Waals surface area contributed by atoms with Crippen LogP contribution in [0.4, 0.5) is 0 Å². The molecule has 0 saturated carbocycles. The maximum atomic E-state index is 5.35. The van der Waals surface area contributed by atoms with E-state index >= 15 is 0 Å². The van der Waals surface area contributed by atoms with Gasteiger partial charge in [0.1, 0.15) is 5.58 Å². The molecule has 0 radical (unpaired) electrons. The highest BCUT2D eigenvalue weighted by Gasteiger charge is 2.04. The first-order chi connectivity index (χ1) is 6.77. The lowest BCUT2D eigenvalue weighted by molar-refractivity contribution is 0.615. The highest BCUT2D eigenvalue weighted by atomic mass is 32.2. The van der Waals surface area contributed by atoms with Crippen molar-refractivity contribution in [1.29, 1.82) is 0 Å². The largest absolute Gasteiger partial charge is 0.464 e. The molecule has 0 spiro atoms. The van der Waals surface area contributed by atoms with E-state index in [2.05, 4.69) is 26.0 Å². The maximum absolute atomic E-state index is 5.35. The summed E-state index contributed by atoms with van der Waals surface area (Å²) in [6, 6.07) is 8.26. The Morgan fingerprint density at radius 3 is 2.93 bits per heavy atom. The average Bonchev–Trinajstić information content (AvgIpc) is 2.62. The maximum Gasteiger partial charge on any atom is 0.134 e. The first kappa shape index (κ1) is 9.66. The van der Waals surface area contributed by atoms with Gasteiger partial charge in [-0.1, -0.05) is 19.9 Å². The lowest BCUT2D eigenvalue weighted by Crippen LogP contribution is -1.89. The van der Waals surface area contributed by atoms with Crippen LogP contribution in [0.25, 0.3) is 11.0 Å². The quantitative estimate of drug-likeness (QED) is 0.699. The predicted molar refractivity (Wildman–Crippen MR) is 61.8 cm³/mol. The molecular formula is C12H14OS. The molecule has 0 aliphatic heterocycles. The van der Waals surface area contributed by atoms with Crippen LogP contribution in [0, 0.1) is 5.92 Å². The molecule has 74 valence electrons. The molecule has 0 unspecified atom stereocenters. The summed E-state index contributed by atoms with van der Waals surface area (Å²) in [5.41, 5.74) is 0.985. The van der Waals surface area contributed by atoms with Crippen LogP contribution < -0.4 is 0 Å². The molecule has 0 amide bonds. The summed E-state index contributed by atoms with van der Waals surface area (Å²) in [4.78, 5) is 1.32. The fraction of sp³-hybridized carbons (Fsp3) is 0.333. The summed E-state index contributed by atoms with van der Waals surface area (Å²) in [6.07, 6.45) is 1.75. The Labute approximate surface area is 88.5 Å². The lowest BCUT2D eigenvalue weighted by Gasteiger charge is -2.04. The minimum absolute atomic E-state index is 0.724. The van der Waals surface area contributed by atoms with Crippen LogP contribution in [0.5, 0.6) is 0 Å². The minimum Gasteiger partial charge on any atom is -0.464 e. The van der Waals surface area contributed by atoms with Gasteiger partial charge in [0.05, 0.1) is 6.26 Å². The second-order valence-corrected chi connectivity index (χ2v) is 4.86. The molecular weight excluding hydrogens is 192 g/mol. The van der Waals surface area contributed by atoms with E-state index in [1.807, 2.05) is 23.9 Å². The number of hydrogen-bond donors (Lipinski definition) is 0. The van der Waals surface area contributed by atoms with Crippen LogP contribution in [0.3, 0.4) is 0 Å². The molecule has 1 aromatic carbocycles. The molecule has 1 nitrogen and oxygen atoms in total. The first-order valence-corrected chi connectivity index (χ1v) is 5.85. The summed E-state index contributed by atoms with van der Waals surface area (Å²) in [6.45, 7) is 4.48. The van der Waals surface area contributed by atoms with Crippen molar-refractivity contribution in [2.24, 2.45) is 5.92 Å². The Morgan fingerprint density at radius 1 is 1.29 bits per heavy atom. The van der Waals surface area contributed by atoms with E-state index in [-0.39, 0.29) is 0 Å². The summed E-state index contributed by atoms with van der Waals surface area (Å²) >= 11 is 1.90. The second kappa shape index (κ2) is 4.09. The fourth-order valence-corrected chi connectivity index (χ4v) is 2.36. The number of benzene rings is 1. The van der Waals surface area contributed by atoms with Crippen LogP contribution >= 0.6 is 11.8 Å². The molecule has 2 heteroatoms. The average molecular weight is 206 g/mol. The molecule has 0 aliphatic rings. The number of furan rings is 1. The van der Waals surface area contributed by atoms with Gasteiger partial charge in [0.25, 0.3) is 0 Å². The number of hydrogen-bond acceptors (Lipinski definition) is 2. The van der Waals surface area contributed by atoms with Gasteiger partial charge >= 0.3 is 0 Å². The molecule has 1 heterocycles. The topological polar surface area (TPSA) is 13.1 Å². The third-order valence-corrected chi connectivity index (χ3v) is 3.53. The van der Waals surface area contributed by atoms with Gasteiger partial charge in [-0.15, -0.1) is 11.8 Å². The smallest absolute Gasteiger partial charge is 0.134 e. The standard InChI is InChI=1S/C12H14OS/c1-9(2)8-14-12-5-3-4-11-10(12)6-7-13-11/h3-7,9H,8H2,1-2H3. The minimum atomic E-state index is 0.724. The zero-order valence-electron chi connectivity index (χ0n) is 8.49. The van der Waals surface area contributed by atoms with Crippen molar-refractivity contribution >= 4 is 22.7 Å². The van der Waals surface area contributed by atoms with Gasteiger partial charge in [-0.05, 0) is 24.1 Å². The molecule has 1 aromatic heterocycles. The van der Waals surface area contributed by atoms with Crippen molar-refractivity contribution in [2.75, 3.05) is 5.75 Å². The molecule has 0 aliphatic carbocycles. The van der Waals surface area contributed by atoms with Crippen LogP contribution in [-0.2, 0) is 0 Å². The molecule has 0 saturated heterocycles. The SMILES string of the molecule is CC(C)CSc1cccc2occc12. The number of fused-ring (bicyclic) bond motifs is 1. The van der Waals surface area contributed by atoms with Crippen molar-refractivity contribution in [3.63, 3.8) is 0 Å². The molecule has 14 heavy (non-hydrogen) atoms. The summed E-state index contributed by atoms with van der Waals surface area (Å²) < 4.78 is 5.35. The first-order valence-electron chi connectivity index (χ1n) is 4.86. The van der Waals surface area contributed by atoms with Crippen molar-refractivity contribution in [3.8, 4) is 0 Å². The highest BCUT2D eigenvalue weighted by molar-refractivity contribution is 7.99. The summed E-state index contributed by atoms with van der Waals surface area (Å²) in [5, 5.41) is 1.23. The van der Waals surface area contributed by atoms with Crippen LogP contribution in [0.15, 0.2) is 39.8 Å². The van der Waals surface area contributed by atoms with E-state index < -0.39 is 0 Å². The molecule has 0 N–H and O–H groups in total. The Balaban J connectivity index is 2.27. The van der Waals surface area contributed by atoms with Crippen molar-refractivity contribution in [2.45, 2.75) is 18.7 Å². The summed E-state index contributed by atoms with van der Waals surface area (Å²) in [7, 11) is 0. The Kier molecular flexibility index (Phi) is 2.82. The van der Waals surface area contributed by atoms with Gasteiger partial charge in [-0.3, -0.25) is 0 Å². The fourth-order valence-electron chi connectivity index (χ4n) is 1.35. The third-order valence-electron chi connectivity index (χ3n) is 2.03. The molecule has 2 aromatic rings. The van der Waals surface area contributed by atoms with Crippen molar-refractivity contribution in [3.05, 3.63) is 30.5 Å². The molecule has 0 atom stereocenters. The monoisotopic (exact) mass is 206 g/mol. The normalized spacial score (nSPS) is 11.4. The van der Waals surface area contributed by atoms with Crippen LogP contribution in [0.2, 0.25) is 0 Å². The van der Waals surface area contributed by atoms with Gasteiger partial charge in [0.2, 0.25) is 0 Å². The van der Waals surface area contributed by atoms with E-state index in [4.69, 9.17) is 4.42 Å². The van der Waals surface area contributed by atoms with E-state index in [0.717, 1.165) is 17.3 Å². The van der Waals surface area contributed by atoms with Crippen LogP contribution in [0.1, 0.15) is 13.8 Å². The zero-order valence-corrected chi connectivity index (χ0v) is 9.30. The Morgan fingerprint density at radius 2 is 2.14 bits per heavy atom. The number of rotatable bonds is 3. The predicted octanol–water partition coefficient (Wildman–Crippen LogP) is 4.18. The zero-order chi connectivity index (χ0) is 9.97. The van der Waals surface area contributed by atoms with Crippen molar-refractivity contribution in [1.82, 2.24) is 0 Å². The van der Waals surface area contributed by atoms with E-state index in [0.29, 0.717) is 0 Å². The molecule has 0 bridgehead atoms. The van der Waals surface area contributed by atoms with E-state index in [1.165, 1.54) is 10.3 Å². The number of thioether (sulfide) groups is 1. The second-order valence-electron chi connectivity index (χ2n) is 3.79. The molecule has 2 rings (SSSR count).